The number of nitrogens with zero attached hydrogens (tertiary/aromatic N) is 5. The molecule has 0 fully saturated rings. The van der Waals surface area contributed by atoms with Gasteiger partial charge in [0.1, 0.15) is 11.6 Å². The number of hydrogen-bond acceptors (Lipinski definition) is 4. The average molecular weight is 470 g/mol. The topological polar surface area (TPSA) is 89.7 Å². The Morgan fingerprint density at radius 3 is 2.63 bits per heavy atom. The number of hydrogen-bond donors (Lipinski definition) is 2. The molecule has 176 valence electrons. The quantitative estimate of drug-likeness (QED) is 0.344. The van der Waals surface area contributed by atoms with Crippen LogP contribution in [0.1, 0.15) is 25.5 Å². The monoisotopic (exact) mass is 469 g/mol. The van der Waals surface area contributed by atoms with E-state index in [1.54, 1.807) is 41.5 Å². The lowest BCUT2D eigenvalue weighted by molar-refractivity contribution is 0.262. The molecule has 2 aromatic carbocycles. The van der Waals surface area contributed by atoms with Crippen LogP contribution in [0.3, 0.4) is 0 Å². The Bertz CT molecular complexity index is 1540. The molecule has 0 unspecified atom stereocenters. The predicted molar refractivity (Wildman–Crippen MR) is 134 cm³/mol. The first-order chi connectivity index (χ1) is 16.9. The van der Waals surface area contributed by atoms with Gasteiger partial charge in [-0.1, -0.05) is 32.0 Å². The fourth-order valence-corrected chi connectivity index (χ4v) is 3.91. The second-order valence-electron chi connectivity index (χ2n) is 8.55. The third-order valence-electron chi connectivity index (χ3n) is 5.72. The van der Waals surface area contributed by atoms with E-state index in [1.807, 2.05) is 45.2 Å². The third kappa shape index (κ3) is 4.48. The Morgan fingerprint density at radius 2 is 1.83 bits per heavy atom. The second kappa shape index (κ2) is 9.02. The zero-order valence-electron chi connectivity index (χ0n) is 19.5. The minimum Gasteiger partial charge on any atom is -0.308 e. The lowest BCUT2D eigenvalue weighted by Gasteiger charge is -2.11. The Hall–Kier alpha value is -4.53. The van der Waals surface area contributed by atoms with Gasteiger partial charge in [0.25, 0.3) is 0 Å². The maximum Gasteiger partial charge on any atom is 0.324 e. The molecule has 0 bridgehead atoms. The zero-order chi connectivity index (χ0) is 24.5. The number of aromatic nitrogens is 5. The Kier molecular flexibility index (Phi) is 5.74. The number of fused-ring (bicyclic) bond motifs is 1. The molecule has 35 heavy (non-hydrogen) atoms. The molecule has 0 aliphatic carbocycles. The van der Waals surface area contributed by atoms with Crippen molar-refractivity contribution in [2.24, 2.45) is 7.05 Å². The van der Waals surface area contributed by atoms with Crippen molar-refractivity contribution in [1.82, 2.24) is 24.5 Å². The van der Waals surface area contributed by atoms with Crippen LogP contribution in [0.25, 0.3) is 27.7 Å². The number of pyridine rings is 1. The summed E-state index contributed by atoms with van der Waals surface area (Å²) in [4.78, 5) is 17.2. The second-order valence-corrected chi connectivity index (χ2v) is 8.55. The molecule has 5 rings (SSSR count). The van der Waals surface area contributed by atoms with Gasteiger partial charge in [0, 0.05) is 35.9 Å². The van der Waals surface area contributed by atoms with Gasteiger partial charge in [-0.2, -0.15) is 10.2 Å². The number of carbonyl (C=O) groups excluding carboxylic acids is 1. The van der Waals surface area contributed by atoms with Crippen LogP contribution in [0.4, 0.5) is 20.7 Å². The molecule has 0 aliphatic rings. The number of benzene rings is 2. The van der Waals surface area contributed by atoms with Crippen LogP contribution in [0.15, 0.2) is 73.2 Å². The van der Waals surface area contributed by atoms with Gasteiger partial charge in [-0.3, -0.25) is 15.0 Å². The fourth-order valence-electron chi connectivity index (χ4n) is 3.91. The summed E-state index contributed by atoms with van der Waals surface area (Å²) in [7, 11) is 1.87. The number of aryl methyl sites for hydroxylation is 1. The van der Waals surface area contributed by atoms with E-state index < -0.39 is 6.03 Å². The molecular formula is C26H24FN7O. The highest BCUT2D eigenvalue weighted by Crippen LogP contribution is 2.29. The number of urea groups is 1. The Morgan fingerprint density at radius 1 is 1.00 bits per heavy atom. The summed E-state index contributed by atoms with van der Waals surface area (Å²) in [5, 5.41) is 15.6. The minimum absolute atomic E-state index is 0.133. The van der Waals surface area contributed by atoms with E-state index in [-0.39, 0.29) is 11.7 Å². The molecule has 5 aromatic rings. The lowest BCUT2D eigenvalue weighted by Crippen LogP contribution is -2.21. The number of amides is 2. The van der Waals surface area contributed by atoms with Gasteiger partial charge in [-0.25, -0.2) is 13.9 Å². The van der Waals surface area contributed by atoms with Crippen LogP contribution in [-0.2, 0) is 7.05 Å². The van der Waals surface area contributed by atoms with Gasteiger partial charge in [0.15, 0.2) is 0 Å². The van der Waals surface area contributed by atoms with Crippen molar-refractivity contribution in [1.29, 1.82) is 0 Å². The van der Waals surface area contributed by atoms with E-state index in [0.29, 0.717) is 17.2 Å². The van der Waals surface area contributed by atoms with Crippen LogP contribution in [-0.4, -0.2) is 30.6 Å². The van der Waals surface area contributed by atoms with E-state index in [0.717, 1.165) is 27.7 Å². The maximum absolute atomic E-state index is 13.8. The summed E-state index contributed by atoms with van der Waals surface area (Å²) in [5.41, 5.74) is 4.66. The molecule has 9 heteroatoms. The highest BCUT2D eigenvalue weighted by atomic mass is 19.1. The van der Waals surface area contributed by atoms with Crippen LogP contribution < -0.4 is 10.6 Å². The number of anilines is 2. The summed E-state index contributed by atoms with van der Waals surface area (Å²) in [6.07, 6.45) is 5.36. The summed E-state index contributed by atoms with van der Waals surface area (Å²) in [6.45, 7) is 4.01. The molecule has 8 nitrogen and oxygen atoms in total. The van der Waals surface area contributed by atoms with Gasteiger partial charge < -0.3 is 5.32 Å². The van der Waals surface area contributed by atoms with Gasteiger partial charge >= 0.3 is 6.03 Å². The largest absolute Gasteiger partial charge is 0.324 e. The molecule has 3 heterocycles. The van der Waals surface area contributed by atoms with E-state index in [9.17, 15) is 9.18 Å². The summed E-state index contributed by atoms with van der Waals surface area (Å²) >= 11 is 0. The van der Waals surface area contributed by atoms with E-state index in [2.05, 4.69) is 25.8 Å². The molecule has 0 spiro atoms. The smallest absolute Gasteiger partial charge is 0.308 e. The standard InChI is InChI=1S/C26H24FN7O/c1-16(2)23-12-25(34(32-23)20-9-5-7-18(27)11-20)31-26(35)30-19-8-4-6-17(10-19)21-13-28-15-24-22(21)14-29-33(24)3/h4-16H,1-3H3,(H2,30,31,35). The van der Waals surface area contributed by atoms with Crippen LogP contribution in [0, 0.1) is 5.82 Å². The highest BCUT2D eigenvalue weighted by Gasteiger charge is 2.15. The first-order valence-corrected chi connectivity index (χ1v) is 11.2. The first-order valence-electron chi connectivity index (χ1n) is 11.2. The molecule has 0 saturated heterocycles. The van der Waals surface area contributed by atoms with Gasteiger partial charge in [0.2, 0.25) is 0 Å². The Balaban J connectivity index is 1.41. The number of rotatable bonds is 5. The average Bonchev–Trinajstić information content (AvgIpc) is 3.43. The van der Waals surface area contributed by atoms with E-state index in [4.69, 9.17) is 0 Å². The third-order valence-corrected chi connectivity index (χ3v) is 5.72. The van der Waals surface area contributed by atoms with Crippen molar-refractivity contribution < 1.29 is 9.18 Å². The molecule has 2 amide bonds. The molecule has 2 N–H and O–H groups in total. The van der Waals surface area contributed by atoms with Gasteiger partial charge in [-0.05, 0) is 41.8 Å². The number of halogens is 1. The molecule has 3 aromatic heterocycles. The predicted octanol–water partition coefficient (Wildman–Crippen LogP) is 5.73. The SMILES string of the molecule is CC(C)c1cc(NC(=O)Nc2cccc(-c3cncc4c3cnn4C)c2)n(-c2cccc(F)c2)n1. The van der Waals surface area contributed by atoms with Gasteiger partial charge in [0.05, 0.1) is 29.3 Å². The molecule has 0 radical (unpaired) electrons. The minimum atomic E-state index is -0.437. The molecule has 0 aliphatic heterocycles. The van der Waals surface area contributed by atoms with Crippen molar-refractivity contribution in [3.05, 3.63) is 84.7 Å². The number of carbonyl (C=O) groups is 1. The first kappa shape index (κ1) is 22.3. The van der Waals surface area contributed by atoms with E-state index >= 15 is 0 Å². The summed E-state index contributed by atoms with van der Waals surface area (Å²) in [5.74, 6) is 0.195. The molecular weight excluding hydrogens is 445 g/mol. The van der Waals surface area contributed by atoms with Crippen molar-refractivity contribution >= 4 is 28.4 Å². The van der Waals surface area contributed by atoms with Crippen LogP contribution in [0.2, 0.25) is 0 Å². The van der Waals surface area contributed by atoms with Crippen molar-refractivity contribution in [3.63, 3.8) is 0 Å². The normalized spacial score (nSPS) is 11.2. The van der Waals surface area contributed by atoms with E-state index in [1.165, 1.54) is 16.8 Å². The zero-order valence-corrected chi connectivity index (χ0v) is 19.5. The highest BCUT2D eigenvalue weighted by molar-refractivity contribution is 6.00. The van der Waals surface area contributed by atoms with Crippen molar-refractivity contribution in [2.45, 2.75) is 19.8 Å². The molecule has 0 saturated carbocycles. The van der Waals surface area contributed by atoms with Gasteiger partial charge in [-0.15, -0.1) is 0 Å². The summed E-state index contributed by atoms with van der Waals surface area (Å²) in [6, 6.07) is 15.0. The van der Waals surface area contributed by atoms with Crippen molar-refractivity contribution in [3.8, 4) is 16.8 Å². The van der Waals surface area contributed by atoms with Crippen LogP contribution in [0.5, 0.6) is 0 Å². The Labute approximate surface area is 201 Å². The lowest BCUT2D eigenvalue weighted by atomic mass is 10.0. The van der Waals surface area contributed by atoms with Crippen molar-refractivity contribution in [2.75, 3.05) is 10.6 Å². The maximum atomic E-state index is 13.8. The fraction of sp³-hybridized carbons (Fsp3) is 0.154. The number of nitrogens with one attached hydrogen (secondary N) is 2. The molecule has 0 atom stereocenters. The van der Waals surface area contributed by atoms with Crippen LogP contribution >= 0.6 is 0 Å². The summed E-state index contributed by atoms with van der Waals surface area (Å²) < 4.78 is 17.1.